The number of hydrogen-bond donors (Lipinski definition) is 0. The maximum Gasteiger partial charge on any atom is 0.117 e. The molecule has 3 heteroatoms. The third kappa shape index (κ3) is 3.01. The summed E-state index contributed by atoms with van der Waals surface area (Å²) in [5.74, 6) is 0. The third-order valence-electron chi connectivity index (χ3n) is 2.64. The molecule has 82 valence electrons. The van der Waals surface area contributed by atoms with E-state index >= 15 is 0 Å². The predicted octanol–water partition coefficient (Wildman–Crippen LogP) is 1.86. The Morgan fingerprint density at radius 1 is 1.33 bits per heavy atom. The summed E-state index contributed by atoms with van der Waals surface area (Å²) in [6.45, 7) is 2.74. The largest absolute Gasteiger partial charge is 0.373 e. The summed E-state index contributed by atoms with van der Waals surface area (Å²) in [6.07, 6.45) is -0.234. The van der Waals surface area contributed by atoms with Gasteiger partial charge in [-0.25, -0.2) is 4.39 Å². The maximum absolute atomic E-state index is 12.4. The van der Waals surface area contributed by atoms with E-state index < -0.39 is 0 Å². The molecular weight excluding hydrogens is 193 g/mol. The minimum absolute atomic E-state index is 0.234. The van der Waals surface area contributed by atoms with Gasteiger partial charge in [0.25, 0.3) is 0 Å². The van der Waals surface area contributed by atoms with Crippen molar-refractivity contribution in [1.29, 1.82) is 0 Å². The topological polar surface area (TPSA) is 12.5 Å². The van der Waals surface area contributed by atoms with E-state index in [1.807, 2.05) is 18.2 Å². The molecule has 0 spiro atoms. The van der Waals surface area contributed by atoms with Crippen LogP contribution in [0.1, 0.15) is 5.56 Å². The molecule has 0 aromatic heterocycles. The van der Waals surface area contributed by atoms with Crippen molar-refractivity contribution in [3.63, 3.8) is 0 Å². The molecule has 1 aromatic carbocycles. The zero-order valence-electron chi connectivity index (χ0n) is 8.73. The highest BCUT2D eigenvalue weighted by atomic mass is 19.1. The molecule has 0 unspecified atom stereocenters. The first-order valence-electron chi connectivity index (χ1n) is 5.32. The van der Waals surface area contributed by atoms with Crippen LogP contribution in [-0.2, 0) is 11.3 Å². The van der Waals surface area contributed by atoms with Crippen molar-refractivity contribution in [3.8, 4) is 0 Å². The van der Waals surface area contributed by atoms with Crippen molar-refractivity contribution in [1.82, 2.24) is 4.90 Å². The van der Waals surface area contributed by atoms with Gasteiger partial charge in [-0.1, -0.05) is 30.3 Å². The number of halogens is 1. The minimum Gasteiger partial charge on any atom is -0.373 e. The number of ether oxygens (including phenoxy) is 1. The van der Waals surface area contributed by atoms with Crippen molar-refractivity contribution >= 4 is 0 Å². The molecule has 2 rings (SSSR count). The molecule has 0 bridgehead atoms. The quantitative estimate of drug-likeness (QED) is 0.753. The minimum atomic E-state index is -0.384. The Morgan fingerprint density at radius 3 is 2.87 bits per heavy atom. The lowest BCUT2D eigenvalue weighted by atomic mass is 10.2. The monoisotopic (exact) mass is 209 g/mol. The van der Waals surface area contributed by atoms with Gasteiger partial charge in [0.15, 0.2) is 0 Å². The second-order valence-corrected chi connectivity index (χ2v) is 3.87. The number of morpholine rings is 1. The van der Waals surface area contributed by atoms with Crippen LogP contribution >= 0.6 is 0 Å². The van der Waals surface area contributed by atoms with Crippen LogP contribution in [0, 0.1) is 0 Å². The Hall–Kier alpha value is -0.930. The van der Waals surface area contributed by atoms with Gasteiger partial charge in [0.2, 0.25) is 0 Å². The summed E-state index contributed by atoms with van der Waals surface area (Å²) in [4.78, 5) is 2.24. The molecule has 1 aliphatic heterocycles. The Labute approximate surface area is 89.7 Å². The smallest absolute Gasteiger partial charge is 0.117 e. The van der Waals surface area contributed by atoms with Gasteiger partial charge < -0.3 is 4.74 Å². The molecule has 1 saturated heterocycles. The second-order valence-electron chi connectivity index (χ2n) is 3.87. The number of alkyl halides is 1. The van der Waals surface area contributed by atoms with Crippen LogP contribution in [0.4, 0.5) is 4.39 Å². The molecule has 0 aliphatic carbocycles. The average Bonchev–Trinajstić information content (AvgIpc) is 2.31. The van der Waals surface area contributed by atoms with E-state index in [9.17, 15) is 4.39 Å². The Bertz CT molecular complexity index is 291. The summed E-state index contributed by atoms with van der Waals surface area (Å²) in [5, 5.41) is 0. The van der Waals surface area contributed by atoms with Gasteiger partial charge in [-0.05, 0) is 5.56 Å². The van der Waals surface area contributed by atoms with Gasteiger partial charge in [-0.3, -0.25) is 4.90 Å². The summed E-state index contributed by atoms with van der Waals surface area (Å²) in [6, 6.07) is 10.3. The molecule has 1 fully saturated rings. The number of hydrogen-bond acceptors (Lipinski definition) is 2. The normalized spacial score (nSPS) is 22.9. The van der Waals surface area contributed by atoms with Crippen LogP contribution in [-0.4, -0.2) is 37.4 Å². The maximum atomic E-state index is 12.4. The number of rotatable bonds is 3. The van der Waals surface area contributed by atoms with Gasteiger partial charge >= 0.3 is 0 Å². The highest BCUT2D eigenvalue weighted by molar-refractivity contribution is 5.14. The molecule has 1 atom stereocenters. The molecule has 1 heterocycles. The Morgan fingerprint density at radius 2 is 2.13 bits per heavy atom. The fourth-order valence-corrected chi connectivity index (χ4v) is 1.86. The van der Waals surface area contributed by atoms with Crippen molar-refractivity contribution in [2.24, 2.45) is 0 Å². The predicted molar refractivity (Wildman–Crippen MR) is 57.4 cm³/mol. The lowest BCUT2D eigenvalue weighted by Crippen LogP contribution is -2.42. The molecule has 15 heavy (non-hydrogen) atoms. The summed E-state index contributed by atoms with van der Waals surface area (Å²) < 4.78 is 17.7. The van der Waals surface area contributed by atoms with Gasteiger partial charge in [0.1, 0.15) is 6.67 Å². The molecule has 0 N–H and O–H groups in total. The molecule has 0 saturated carbocycles. The van der Waals surface area contributed by atoms with Gasteiger partial charge in [0, 0.05) is 19.6 Å². The van der Waals surface area contributed by atoms with E-state index in [1.165, 1.54) is 5.56 Å². The van der Waals surface area contributed by atoms with E-state index in [1.54, 1.807) is 0 Å². The van der Waals surface area contributed by atoms with E-state index in [2.05, 4.69) is 17.0 Å². The second kappa shape index (κ2) is 5.24. The first kappa shape index (κ1) is 10.6. The van der Waals surface area contributed by atoms with Crippen LogP contribution < -0.4 is 0 Å². The molecule has 1 aromatic rings. The number of benzene rings is 1. The lowest BCUT2D eigenvalue weighted by Gasteiger charge is -2.31. The first-order valence-corrected chi connectivity index (χ1v) is 5.32. The summed E-state index contributed by atoms with van der Waals surface area (Å²) in [5.41, 5.74) is 1.28. The average molecular weight is 209 g/mol. The first-order chi connectivity index (χ1) is 7.38. The van der Waals surface area contributed by atoms with Crippen LogP contribution in [0.25, 0.3) is 0 Å². The Balaban J connectivity index is 1.89. The van der Waals surface area contributed by atoms with E-state index in [0.717, 1.165) is 13.1 Å². The molecule has 0 radical (unpaired) electrons. The van der Waals surface area contributed by atoms with Crippen molar-refractivity contribution in [2.45, 2.75) is 12.6 Å². The third-order valence-corrected chi connectivity index (χ3v) is 2.64. The van der Waals surface area contributed by atoms with Crippen molar-refractivity contribution in [3.05, 3.63) is 35.9 Å². The Kier molecular flexibility index (Phi) is 3.69. The molecule has 1 aliphatic rings. The number of nitrogens with zero attached hydrogens (tertiary/aromatic N) is 1. The SMILES string of the molecule is FC[C@H]1CN(Cc2ccccc2)CCO1. The summed E-state index contributed by atoms with van der Waals surface area (Å²) in [7, 11) is 0. The van der Waals surface area contributed by atoms with Crippen LogP contribution in [0.2, 0.25) is 0 Å². The van der Waals surface area contributed by atoms with Gasteiger partial charge in [0.05, 0.1) is 12.7 Å². The lowest BCUT2D eigenvalue weighted by molar-refractivity contribution is -0.0412. The zero-order valence-corrected chi connectivity index (χ0v) is 8.73. The standard InChI is InChI=1S/C12H16FNO/c13-8-12-10-14(6-7-15-12)9-11-4-2-1-3-5-11/h1-5,12H,6-10H2/t12-/m0/s1. The fraction of sp³-hybridized carbons (Fsp3) is 0.500. The van der Waals surface area contributed by atoms with Crippen LogP contribution in [0.5, 0.6) is 0 Å². The van der Waals surface area contributed by atoms with Crippen LogP contribution in [0.3, 0.4) is 0 Å². The zero-order chi connectivity index (χ0) is 10.5. The molecular formula is C12H16FNO. The van der Waals surface area contributed by atoms with Gasteiger partial charge in [-0.15, -0.1) is 0 Å². The van der Waals surface area contributed by atoms with Crippen LogP contribution in [0.15, 0.2) is 30.3 Å². The molecule has 2 nitrogen and oxygen atoms in total. The van der Waals surface area contributed by atoms with E-state index in [0.29, 0.717) is 13.2 Å². The van der Waals surface area contributed by atoms with Gasteiger partial charge in [-0.2, -0.15) is 0 Å². The van der Waals surface area contributed by atoms with Crippen molar-refractivity contribution in [2.75, 3.05) is 26.4 Å². The fourth-order valence-electron chi connectivity index (χ4n) is 1.86. The van der Waals surface area contributed by atoms with E-state index in [4.69, 9.17) is 4.74 Å². The van der Waals surface area contributed by atoms with Crippen molar-refractivity contribution < 1.29 is 9.13 Å². The molecule has 0 amide bonds. The highest BCUT2D eigenvalue weighted by Gasteiger charge is 2.19. The highest BCUT2D eigenvalue weighted by Crippen LogP contribution is 2.10. The van der Waals surface area contributed by atoms with E-state index in [-0.39, 0.29) is 12.8 Å². The summed E-state index contributed by atoms with van der Waals surface area (Å²) >= 11 is 0.